The fourth-order valence-corrected chi connectivity index (χ4v) is 3.82. The molecule has 6 nitrogen and oxygen atoms in total. The number of nitrogens with zero attached hydrogens (tertiary/aromatic N) is 6. The van der Waals surface area contributed by atoms with E-state index < -0.39 is 0 Å². The molecule has 0 aliphatic heterocycles. The highest BCUT2D eigenvalue weighted by Gasteiger charge is 2.24. The van der Waals surface area contributed by atoms with Crippen molar-refractivity contribution >= 4 is 28.1 Å². The van der Waals surface area contributed by atoms with E-state index >= 15 is 0 Å². The zero-order chi connectivity index (χ0) is 19.2. The molecule has 0 saturated carbocycles. The van der Waals surface area contributed by atoms with Crippen LogP contribution in [0.1, 0.15) is 31.3 Å². The first-order valence-electron chi connectivity index (χ1n) is 8.80. The van der Waals surface area contributed by atoms with Crippen molar-refractivity contribution in [1.29, 1.82) is 0 Å². The van der Waals surface area contributed by atoms with Crippen molar-refractivity contribution in [3.05, 3.63) is 52.3 Å². The zero-order valence-electron chi connectivity index (χ0n) is 16.1. The van der Waals surface area contributed by atoms with E-state index in [0.717, 1.165) is 22.3 Å². The number of aromatic nitrogens is 5. The van der Waals surface area contributed by atoms with Gasteiger partial charge in [0.2, 0.25) is 5.82 Å². The highest BCUT2D eigenvalue weighted by Crippen LogP contribution is 2.26. The van der Waals surface area contributed by atoms with Crippen LogP contribution in [0.25, 0.3) is 23.2 Å². The Bertz CT molecular complexity index is 1130. The molecule has 0 atom stereocenters. The third-order valence-corrected chi connectivity index (χ3v) is 5.48. The molecule has 0 radical (unpaired) electrons. The van der Waals surface area contributed by atoms with Gasteiger partial charge in [0.25, 0.3) is 0 Å². The van der Waals surface area contributed by atoms with E-state index in [9.17, 15) is 0 Å². The van der Waals surface area contributed by atoms with Crippen molar-refractivity contribution in [2.24, 2.45) is 0 Å². The van der Waals surface area contributed by atoms with Crippen molar-refractivity contribution in [1.82, 2.24) is 24.8 Å². The Balaban J connectivity index is 1.95. The summed E-state index contributed by atoms with van der Waals surface area (Å²) in [6.45, 7) is 6.50. The van der Waals surface area contributed by atoms with Gasteiger partial charge in [-0.25, -0.2) is 0 Å². The predicted molar refractivity (Wildman–Crippen MR) is 110 cm³/mol. The van der Waals surface area contributed by atoms with Crippen molar-refractivity contribution in [3.8, 4) is 11.5 Å². The Labute approximate surface area is 162 Å². The Morgan fingerprint density at radius 2 is 1.89 bits per heavy atom. The van der Waals surface area contributed by atoms with Crippen molar-refractivity contribution in [2.75, 3.05) is 19.0 Å². The number of fused-ring (bicyclic) bond motifs is 1. The fourth-order valence-electron chi connectivity index (χ4n) is 2.95. The van der Waals surface area contributed by atoms with Gasteiger partial charge in [0, 0.05) is 35.8 Å². The van der Waals surface area contributed by atoms with E-state index in [1.54, 1.807) is 17.5 Å². The smallest absolute Gasteiger partial charge is 0.203 e. The summed E-state index contributed by atoms with van der Waals surface area (Å²) in [4.78, 5) is 7.68. The molecule has 4 aromatic rings. The van der Waals surface area contributed by atoms with Crippen LogP contribution in [0.4, 0.5) is 5.00 Å². The minimum absolute atomic E-state index is 0.116. The molecule has 0 aromatic carbocycles. The molecule has 0 aliphatic carbocycles. The molecule has 4 heterocycles. The predicted octanol–water partition coefficient (Wildman–Crippen LogP) is 3.16. The molecular formula is C20H22N6S. The van der Waals surface area contributed by atoms with E-state index in [4.69, 9.17) is 5.10 Å². The third-order valence-electron chi connectivity index (χ3n) is 4.28. The first-order chi connectivity index (χ1) is 12.8. The summed E-state index contributed by atoms with van der Waals surface area (Å²) in [5.41, 5.74) is 2.42. The van der Waals surface area contributed by atoms with Gasteiger partial charge < -0.3 is 4.90 Å². The van der Waals surface area contributed by atoms with Gasteiger partial charge in [0.05, 0.1) is 10.7 Å². The summed E-state index contributed by atoms with van der Waals surface area (Å²) in [7, 11) is 4.10. The van der Waals surface area contributed by atoms with Crippen LogP contribution in [-0.4, -0.2) is 38.9 Å². The quantitative estimate of drug-likeness (QED) is 0.548. The molecule has 0 fully saturated rings. The highest BCUT2D eigenvalue weighted by atomic mass is 32.1. The molecule has 27 heavy (non-hydrogen) atoms. The normalized spacial score (nSPS) is 12.9. The Morgan fingerprint density at radius 3 is 2.52 bits per heavy atom. The molecule has 0 bridgehead atoms. The van der Waals surface area contributed by atoms with Crippen LogP contribution >= 0.6 is 11.3 Å². The first kappa shape index (κ1) is 17.6. The lowest BCUT2D eigenvalue weighted by molar-refractivity contribution is 0.559. The first-order valence-corrected chi connectivity index (χ1v) is 9.62. The van der Waals surface area contributed by atoms with E-state index in [2.05, 4.69) is 73.2 Å². The number of hydrogen-bond donors (Lipinski definition) is 0. The van der Waals surface area contributed by atoms with E-state index in [1.165, 1.54) is 9.88 Å². The average molecular weight is 379 g/mol. The molecule has 7 heteroatoms. The summed E-state index contributed by atoms with van der Waals surface area (Å²) < 4.78 is 1.81. The van der Waals surface area contributed by atoms with Crippen molar-refractivity contribution < 1.29 is 0 Å². The lowest BCUT2D eigenvalue weighted by atomic mass is 9.91. The second-order valence-corrected chi connectivity index (χ2v) is 8.79. The highest BCUT2D eigenvalue weighted by molar-refractivity contribution is 7.16. The Kier molecular flexibility index (Phi) is 4.19. The van der Waals surface area contributed by atoms with Gasteiger partial charge in [-0.05, 0) is 30.3 Å². The lowest BCUT2D eigenvalue weighted by Gasteiger charge is -2.14. The monoisotopic (exact) mass is 378 g/mol. The summed E-state index contributed by atoms with van der Waals surface area (Å²) in [6, 6.07) is 10.0. The maximum Gasteiger partial charge on any atom is 0.203 e. The van der Waals surface area contributed by atoms with Crippen molar-refractivity contribution in [2.45, 2.75) is 26.2 Å². The minimum Gasteiger partial charge on any atom is -0.370 e. The molecule has 0 N–H and O–H groups in total. The molecule has 0 unspecified atom stereocenters. The SMILES string of the molecule is CN(C)c1ccc(C=c2c(C(C)(C)C)nn3c(-c4ccccn4)nnc23)s1. The van der Waals surface area contributed by atoms with Crippen LogP contribution in [-0.2, 0) is 5.41 Å². The summed E-state index contributed by atoms with van der Waals surface area (Å²) >= 11 is 1.74. The Morgan fingerprint density at radius 1 is 1.07 bits per heavy atom. The zero-order valence-corrected chi connectivity index (χ0v) is 16.9. The summed E-state index contributed by atoms with van der Waals surface area (Å²) in [6.07, 6.45) is 3.92. The van der Waals surface area contributed by atoms with E-state index in [-0.39, 0.29) is 5.41 Å². The van der Waals surface area contributed by atoms with Gasteiger partial charge in [-0.2, -0.15) is 9.61 Å². The summed E-state index contributed by atoms with van der Waals surface area (Å²) in [5.74, 6) is 0.663. The summed E-state index contributed by atoms with van der Waals surface area (Å²) in [5, 5.41) is 15.9. The van der Waals surface area contributed by atoms with E-state index in [1.807, 2.05) is 22.7 Å². The number of rotatable bonds is 3. The van der Waals surface area contributed by atoms with Crippen LogP contribution in [0.2, 0.25) is 0 Å². The van der Waals surface area contributed by atoms with Crippen molar-refractivity contribution in [3.63, 3.8) is 0 Å². The van der Waals surface area contributed by atoms with Gasteiger partial charge in [0.15, 0.2) is 5.65 Å². The van der Waals surface area contributed by atoms with Crippen LogP contribution in [0.3, 0.4) is 0 Å². The topological polar surface area (TPSA) is 59.2 Å². The van der Waals surface area contributed by atoms with Gasteiger partial charge in [-0.15, -0.1) is 21.5 Å². The van der Waals surface area contributed by atoms with Gasteiger partial charge in [-0.3, -0.25) is 4.98 Å². The van der Waals surface area contributed by atoms with Crippen LogP contribution in [0.15, 0.2) is 36.5 Å². The molecule has 0 saturated heterocycles. The average Bonchev–Trinajstić information content (AvgIpc) is 3.31. The molecule has 138 valence electrons. The number of hydrogen-bond acceptors (Lipinski definition) is 6. The third kappa shape index (κ3) is 3.19. The lowest BCUT2D eigenvalue weighted by Crippen LogP contribution is -2.22. The molecule has 4 aromatic heterocycles. The maximum absolute atomic E-state index is 4.87. The van der Waals surface area contributed by atoms with E-state index in [0.29, 0.717) is 5.82 Å². The minimum atomic E-state index is -0.116. The molecular weight excluding hydrogens is 356 g/mol. The molecule has 4 rings (SSSR count). The van der Waals surface area contributed by atoms with Gasteiger partial charge in [0.1, 0.15) is 5.69 Å². The Hall–Kier alpha value is -2.80. The number of thiophene rings is 1. The van der Waals surface area contributed by atoms with Crippen LogP contribution in [0.5, 0.6) is 0 Å². The van der Waals surface area contributed by atoms with Crippen LogP contribution in [0, 0.1) is 0 Å². The molecule has 0 aliphatic rings. The molecule has 0 amide bonds. The standard InChI is InChI=1S/C20H22N6S/c1-20(2,3)17-14(12-13-9-10-16(27-13)25(4)5)18-22-23-19(26(18)24-17)15-8-6-7-11-21-15/h6-12H,1-5H3. The maximum atomic E-state index is 4.87. The number of anilines is 1. The largest absolute Gasteiger partial charge is 0.370 e. The second kappa shape index (κ2) is 6.42. The second-order valence-electron chi connectivity index (χ2n) is 7.70. The molecule has 0 spiro atoms. The fraction of sp³-hybridized carbons (Fsp3) is 0.300. The van der Waals surface area contributed by atoms with Gasteiger partial charge >= 0.3 is 0 Å². The van der Waals surface area contributed by atoms with Crippen LogP contribution < -0.4 is 10.1 Å². The number of pyridine rings is 1. The van der Waals surface area contributed by atoms with Gasteiger partial charge in [-0.1, -0.05) is 26.8 Å².